The number of hydrogen-bond acceptors (Lipinski definition) is 3. The van der Waals surface area contributed by atoms with Gasteiger partial charge in [0.1, 0.15) is 11.5 Å². The van der Waals surface area contributed by atoms with Crippen LogP contribution >= 0.6 is 15.9 Å². The lowest BCUT2D eigenvalue weighted by molar-refractivity contribution is -0.117. The molecule has 162 valence electrons. The molecule has 0 bridgehead atoms. The van der Waals surface area contributed by atoms with Crippen LogP contribution in [0.1, 0.15) is 27.4 Å². The second-order valence-corrected chi connectivity index (χ2v) is 8.23. The van der Waals surface area contributed by atoms with Crippen molar-refractivity contribution in [1.29, 1.82) is 0 Å². The van der Waals surface area contributed by atoms with Crippen LogP contribution in [0, 0.1) is 6.92 Å². The lowest BCUT2D eigenvalue weighted by atomic mass is 10.1. The van der Waals surface area contributed by atoms with Gasteiger partial charge in [-0.3, -0.25) is 9.59 Å². The standard InChI is InChI=1S/C25H22BrN3O3/c1-16-20(21-9-2-3-10-22(21)28-16)11-12-27-25(31)23(15-19-8-5-13-32-19)29-24(30)17-6-4-7-18(26)14-17/h2-10,13-15,28H,11-12H2,1H3,(H,27,31)(H,29,30)/b23-15-. The van der Waals surface area contributed by atoms with Crippen LogP contribution in [0.2, 0.25) is 0 Å². The summed E-state index contributed by atoms with van der Waals surface area (Å²) in [6.07, 6.45) is 3.69. The summed E-state index contributed by atoms with van der Waals surface area (Å²) >= 11 is 3.36. The Hall–Kier alpha value is -3.58. The van der Waals surface area contributed by atoms with Crippen LogP contribution in [0.25, 0.3) is 17.0 Å². The number of amides is 2. The Morgan fingerprint density at radius 1 is 1.09 bits per heavy atom. The first-order chi connectivity index (χ1) is 15.5. The molecule has 0 radical (unpaired) electrons. The first kappa shape index (κ1) is 21.6. The third-order valence-electron chi connectivity index (χ3n) is 5.10. The van der Waals surface area contributed by atoms with E-state index in [1.165, 1.54) is 12.3 Å². The zero-order chi connectivity index (χ0) is 22.5. The van der Waals surface area contributed by atoms with Crippen molar-refractivity contribution in [1.82, 2.24) is 15.6 Å². The summed E-state index contributed by atoms with van der Waals surface area (Å²) < 4.78 is 6.11. The molecule has 2 amide bonds. The van der Waals surface area contributed by atoms with Crippen molar-refractivity contribution < 1.29 is 14.0 Å². The van der Waals surface area contributed by atoms with E-state index >= 15 is 0 Å². The Bertz CT molecular complexity index is 1290. The van der Waals surface area contributed by atoms with Gasteiger partial charge in [0.25, 0.3) is 11.8 Å². The molecule has 3 N–H and O–H groups in total. The molecule has 0 fully saturated rings. The molecule has 32 heavy (non-hydrogen) atoms. The Kier molecular flexibility index (Phi) is 6.56. The maximum absolute atomic E-state index is 12.9. The van der Waals surface area contributed by atoms with Crippen molar-refractivity contribution in [2.45, 2.75) is 13.3 Å². The third kappa shape index (κ3) is 5.00. The first-order valence-electron chi connectivity index (χ1n) is 10.2. The number of furan rings is 1. The van der Waals surface area contributed by atoms with Gasteiger partial charge in [0.2, 0.25) is 0 Å². The number of para-hydroxylation sites is 1. The molecule has 0 saturated heterocycles. The maximum Gasteiger partial charge on any atom is 0.267 e. The SMILES string of the molecule is Cc1[nH]c2ccccc2c1CCNC(=O)/C(=C/c1ccco1)NC(=O)c1cccc(Br)c1. The zero-order valence-electron chi connectivity index (χ0n) is 17.4. The normalized spacial score (nSPS) is 11.5. The van der Waals surface area contributed by atoms with Gasteiger partial charge in [-0.15, -0.1) is 0 Å². The summed E-state index contributed by atoms with van der Waals surface area (Å²) in [6.45, 7) is 2.45. The van der Waals surface area contributed by atoms with Crippen LogP contribution in [0.15, 0.2) is 81.5 Å². The average Bonchev–Trinajstić information content (AvgIpc) is 3.40. The minimum absolute atomic E-state index is 0.112. The number of rotatable bonds is 7. The van der Waals surface area contributed by atoms with Gasteiger partial charge < -0.3 is 20.0 Å². The molecule has 4 rings (SSSR count). The Morgan fingerprint density at radius 3 is 2.72 bits per heavy atom. The fourth-order valence-electron chi connectivity index (χ4n) is 3.55. The van der Waals surface area contributed by atoms with Crippen LogP contribution < -0.4 is 10.6 Å². The number of nitrogens with one attached hydrogen (secondary N) is 3. The molecule has 7 heteroatoms. The van der Waals surface area contributed by atoms with E-state index in [9.17, 15) is 9.59 Å². The smallest absolute Gasteiger partial charge is 0.267 e. The van der Waals surface area contributed by atoms with Crippen molar-refractivity contribution in [3.63, 3.8) is 0 Å². The highest BCUT2D eigenvalue weighted by atomic mass is 79.9. The molecule has 0 atom stereocenters. The second kappa shape index (κ2) is 9.70. The molecule has 6 nitrogen and oxygen atoms in total. The van der Waals surface area contributed by atoms with Crippen LogP contribution in [0.4, 0.5) is 0 Å². The predicted molar refractivity (Wildman–Crippen MR) is 128 cm³/mol. The van der Waals surface area contributed by atoms with Crippen molar-refractivity contribution in [3.8, 4) is 0 Å². The largest absolute Gasteiger partial charge is 0.465 e. The number of H-pyrrole nitrogens is 1. The van der Waals surface area contributed by atoms with E-state index in [0.29, 0.717) is 24.3 Å². The monoisotopic (exact) mass is 491 g/mol. The van der Waals surface area contributed by atoms with E-state index in [0.717, 1.165) is 26.6 Å². The molecule has 0 aliphatic rings. The van der Waals surface area contributed by atoms with Gasteiger partial charge in [0.15, 0.2) is 0 Å². The van der Waals surface area contributed by atoms with Crippen LogP contribution in [-0.4, -0.2) is 23.3 Å². The number of carbonyl (C=O) groups excluding carboxylic acids is 2. The van der Waals surface area contributed by atoms with Crippen molar-refractivity contribution in [2.24, 2.45) is 0 Å². The average molecular weight is 492 g/mol. The fourth-order valence-corrected chi connectivity index (χ4v) is 3.95. The topological polar surface area (TPSA) is 87.1 Å². The van der Waals surface area contributed by atoms with Gasteiger partial charge in [-0.25, -0.2) is 0 Å². The number of aromatic amines is 1. The maximum atomic E-state index is 12.9. The number of halogens is 1. The molecular weight excluding hydrogens is 470 g/mol. The molecule has 4 aromatic rings. The summed E-state index contributed by atoms with van der Waals surface area (Å²) in [5, 5.41) is 6.76. The molecule has 0 saturated carbocycles. The summed E-state index contributed by atoms with van der Waals surface area (Å²) in [7, 11) is 0. The quantitative estimate of drug-likeness (QED) is 0.319. The Morgan fingerprint density at radius 2 is 1.94 bits per heavy atom. The Labute approximate surface area is 193 Å². The highest BCUT2D eigenvalue weighted by Gasteiger charge is 2.16. The Balaban J connectivity index is 1.48. The summed E-state index contributed by atoms with van der Waals surface area (Å²) in [5.74, 6) is -0.300. The summed E-state index contributed by atoms with van der Waals surface area (Å²) in [4.78, 5) is 29.0. The summed E-state index contributed by atoms with van der Waals surface area (Å²) in [6, 6.07) is 18.5. The number of aryl methyl sites for hydroxylation is 1. The lowest BCUT2D eigenvalue weighted by Crippen LogP contribution is -2.35. The molecule has 0 unspecified atom stereocenters. The lowest BCUT2D eigenvalue weighted by Gasteiger charge is -2.11. The van der Waals surface area contributed by atoms with E-state index in [2.05, 4.69) is 37.6 Å². The zero-order valence-corrected chi connectivity index (χ0v) is 19.0. The van der Waals surface area contributed by atoms with Crippen molar-refractivity contribution >= 4 is 44.7 Å². The van der Waals surface area contributed by atoms with Crippen molar-refractivity contribution in [3.05, 3.63) is 99.7 Å². The number of hydrogen-bond donors (Lipinski definition) is 3. The van der Waals surface area contributed by atoms with Gasteiger partial charge in [0.05, 0.1) is 6.26 Å². The van der Waals surface area contributed by atoms with Gasteiger partial charge in [-0.1, -0.05) is 40.2 Å². The molecule has 2 heterocycles. The second-order valence-electron chi connectivity index (χ2n) is 7.32. The molecule has 0 aliphatic carbocycles. The number of fused-ring (bicyclic) bond motifs is 1. The number of aromatic nitrogens is 1. The van der Waals surface area contributed by atoms with E-state index in [-0.39, 0.29) is 17.5 Å². The van der Waals surface area contributed by atoms with E-state index in [1.807, 2.05) is 31.2 Å². The fraction of sp³-hybridized carbons (Fsp3) is 0.120. The van der Waals surface area contributed by atoms with Gasteiger partial charge in [-0.2, -0.15) is 0 Å². The summed E-state index contributed by atoms with van der Waals surface area (Å²) in [5.41, 5.74) is 3.86. The molecular formula is C25H22BrN3O3. The third-order valence-corrected chi connectivity index (χ3v) is 5.59. The number of benzene rings is 2. The van der Waals surface area contributed by atoms with Crippen LogP contribution in [0.3, 0.4) is 0 Å². The van der Waals surface area contributed by atoms with Gasteiger partial charge in [0, 0.05) is 39.3 Å². The molecule has 0 spiro atoms. The molecule has 2 aromatic heterocycles. The molecule has 2 aromatic carbocycles. The van der Waals surface area contributed by atoms with Gasteiger partial charge in [-0.05, 0) is 55.3 Å². The minimum atomic E-state index is -0.387. The van der Waals surface area contributed by atoms with E-state index in [1.54, 1.807) is 30.3 Å². The highest BCUT2D eigenvalue weighted by molar-refractivity contribution is 9.10. The molecule has 0 aliphatic heterocycles. The number of carbonyl (C=O) groups is 2. The highest BCUT2D eigenvalue weighted by Crippen LogP contribution is 2.22. The van der Waals surface area contributed by atoms with Gasteiger partial charge >= 0.3 is 0 Å². The predicted octanol–water partition coefficient (Wildman–Crippen LogP) is 4.96. The van der Waals surface area contributed by atoms with E-state index < -0.39 is 0 Å². The van der Waals surface area contributed by atoms with E-state index in [4.69, 9.17) is 4.42 Å². The first-order valence-corrected chi connectivity index (χ1v) is 11.0. The minimum Gasteiger partial charge on any atom is -0.465 e. The van der Waals surface area contributed by atoms with Crippen LogP contribution in [-0.2, 0) is 11.2 Å². The van der Waals surface area contributed by atoms with Crippen molar-refractivity contribution in [2.75, 3.05) is 6.54 Å². The van der Waals surface area contributed by atoms with Crippen LogP contribution in [0.5, 0.6) is 0 Å².